The standard InChI is InChI=1S/C6H4BrClN2O2/c1-3-5(8)4(7)2-9-6(3)10(11)12/h2H,1H3. The third kappa shape index (κ3) is 1.56. The molecule has 0 aliphatic carbocycles. The first-order valence-electron chi connectivity index (χ1n) is 2.99. The molecule has 6 heteroatoms. The Morgan fingerprint density at radius 2 is 2.33 bits per heavy atom. The van der Waals surface area contributed by atoms with Gasteiger partial charge < -0.3 is 10.1 Å². The first-order valence-corrected chi connectivity index (χ1v) is 4.16. The number of aromatic nitrogens is 1. The van der Waals surface area contributed by atoms with Crippen LogP contribution in [0.3, 0.4) is 0 Å². The van der Waals surface area contributed by atoms with Crippen LogP contribution in [0.5, 0.6) is 0 Å². The minimum absolute atomic E-state index is 0.205. The van der Waals surface area contributed by atoms with Crippen LogP contribution < -0.4 is 0 Å². The fraction of sp³-hybridized carbons (Fsp3) is 0.167. The van der Waals surface area contributed by atoms with Gasteiger partial charge in [0, 0.05) is 0 Å². The molecule has 0 aliphatic rings. The van der Waals surface area contributed by atoms with Crippen LogP contribution in [0.25, 0.3) is 0 Å². The zero-order valence-electron chi connectivity index (χ0n) is 6.04. The van der Waals surface area contributed by atoms with Crippen LogP contribution in [0.15, 0.2) is 10.7 Å². The van der Waals surface area contributed by atoms with Crippen molar-refractivity contribution in [2.75, 3.05) is 0 Å². The number of nitrogens with zero attached hydrogens (tertiary/aromatic N) is 2. The number of nitro groups is 1. The minimum atomic E-state index is -0.562. The summed E-state index contributed by atoms with van der Waals surface area (Å²) < 4.78 is 0.562. The summed E-state index contributed by atoms with van der Waals surface area (Å²) in [6, 6.07) is 0. The first kappa shape index (κ1) is 9.41. The maximum Gasteiger partial charge on any atom is 0.367 e. The van der Waals surface area contributed by atoms with Crippen LogP contribution in [-0.2, 0) is 0 Å². The molecule has 4 nitrogen and oxygen atoms in total. The normalized spacial score (nSPS) is 9.92. The maximum absolute atomic E-state index is 10.4. The van der Waals surface area contributed by atoms with Crippen LogP contribution in [0.4, 0.5) is 5.82 Å². The molecule has 0 saturated carbocycles. The zero-order chi connectivity index (χ0) is 9.30. The van der Waals surface area contributed by atoms with Gasteiger partial charge in [0.1, 0.15) is 0 Å². The van der Waals surface area contributed by atoms with Crippen molar-refractivity contribution in [3.05, 3.63) is 31.4 Å². The van der Waals surface area contributed by atoms with E-state index in [0.717, 1.165) is 0 Å². The van der Waals surface area contributed by atoms with E-state index in [4.69, 9.17) is 11.6 Å². The van der Waals surface area contributed by atoms with E-state index in [-0.39, 0.29) is 5.82 Å². The summed E-state index contributed by atoms with van der Waals surface area (Å²) in [6.07, 6.45) is 1.31. The number of rotatable bonds is 1. The molecule has 0 radical (unpaired) electrons. The Labute approximate surface area is 81.8 Å². The topological polar surface area (TPSA) is 56.0 Å². The van der Waals surface area contributed by atoms with Crippen LogP contribution in [0.1, 0.15) is 5.56 Å². The van der Waals surface area contributed by atoms with E-state index in [1.54, 1.807) is 6.92 Å². The Morgan fingerprint density at radius 1 is 1.75 bits per heavy atom. The second kappa shape index (κ2) is 3.37. The lowest BCUT2D eigenvalue weighted by Crippen LogP contribution is -1.95. The Balaban J connectivity index is 3.36. The second-order valence-corrected chi connectivity index (χ2v) is 3.36. The molecule has 0 N–H and O–H groups in total. The van der Waals surface area contributed by atoms with E-state index in [0.29, 0.717) is 15.1 Å². The fourth-order valence-electron chi connectivity index (χ4n) is 0.733. The lowest BCUT2D eigenvalue weighted by molar-refractivity contribution is -0.390. The summed E-state index contributed by atoms with van der Waals surface area (Å²) in [7, 11) is 0. The number of hydrogen-bond acceptors (Lipinski definition) is 3. The van der Waals surface area contributed by atoms with Gasteiger partial charge in [-0.3, -0.25) is 0 Å². The number of hydrogen-bond donors (Lipinski definition) is 0. The van der Waals surface area contributed by atoms with Crippen molar-refractivity contribution < 1.29 is 4.92 Å². The van der Waals surface area contributed by atoms with Gasteiger partial charge in [0.15, 0.2) is 6.20 Å². The molecular weight excluding hydrogens is 247 g/mol. The Kier molecular flexibility index (Phi) is 2.64. The summed E-state index contributed by atoms with van der Waals surface area (Å²) in [6.45, 7) is 1.55. The first-order chi connectivity index (χ1) is 5.54. The molecule has 12 heavy (non-hydrogen) atoms. The molecule has 1 rings (SSSR count). The Morgan fingerprint density at radius 3 is 2.83 bits per heavy atom. The van der Waals surface area contributed by atoms with Crippen LogP contribution in [-0.4, -0.2) is 9.91 Å². The largest absolute Gasteiger partial charge is 0.367 e. The molecule has 0 unspecified atom stereocenters. The third-order valence-electron chi connectivity index (χ3n) is 1.35. The number of halogens is 2. The molecule has 0 aromatic carbocycles. The monoisotopic (exact) mass is 250 g/mol. The SMILES string of the molecule is Cc1c([N+](=O)[O-])ncc(Br)c1Cl. The molecular formula is C6H4BrClN2O2. The van der Waals surface area contributed by atoms with E-state index >= 15 is 0 Å². The quantitative estimate of drug-likeness (QED) is 0.569. The third-order valence-corrected chi connectivity index (χ3v) is 2.66. The second-order valence-electron chi connectivity index (χ2n) is 2.13. The molecule has 1 heterocycles. The molecule has 0 atom stereocenters. The Bertz CT molecular complexity index is 343. The Hall–Kier alpha value is -0.680. The van der Waals surface area contributed by atoms with E-state index in [1.807, 2.05) is 0 Å². The van der Waals surface area contributed by atoms with Crippen LogP contribution in [0.2, 0.25) is 5.02 Å². The summed E-state index contributed by atoms with van der Waals surface area (Å²) in [5.41, 5.74) is 0.371. The number of pyridine rings is 1. The van der Waals surface area contributed by atoms with Gasteiger partial charge in [0.2, 0.25) is 0 Å². The highest BCUT2D eigenvalue weighted by Crippen LogP contribution is 2.29. The van der Waals surface area contributed by atoms with Crippen LogP contribution >= 0.6 is 27.5 Å². The van der Waals surface area contributed by atoms with Gasteiger partial charge >= 0.3 is 5.82 Å². The molecule has 0 bridgehead atoms. The lowest BCUT2D eigenvalue weighted by Gasteiger charge is -1.99. The van der Waals surface area contributed by atoms with Gasteiger partial charge in [0.05, 0.1) is 15.1 Å². The smallest absolute Gasteiger partial charge is 0.358 e. The maximum atomic E-state index is 10.4. The van der Waals surface area contributed by atoms with Gasteiger partial charge in [-0.1, -0.05) is 11.6 Å². The van der Waals surface area contributed by atoms with Gasteiger partial charge in [-0.15, -0.1) is 0 Å². The van der Waals surface area contributed by atoms with Crippen molar-refractivity contribution in [3.8, 4) is 0 Å². The molecule has 0 fully saturated rings. The van der Waals surface area contributed by atoms with E-state index in [2.05, 4.69) is 20.9 Å². The van der Waals surface area contributed by atoms with Crippen molar-refractivity contribution in [1.29, 1.82) is 0 Å². The fourth-order valence-corrected chi connectivity index (χ4v) is 1.27. The summed E-state index contributed by atoms with van der Waals surface area (Å²) >= 11 is 8.85. The summed E-state index contributed by atoms with van der Waals surface area (Å²) in [4.78, 5) is 13.4. The van der Waals surface area contributed by atoms with Crippen LogP contribution in [0, 0.1) is 17.0 Å². The van der Waals surface area contributed by atoms with E-state index < -0.39 is 4.92 Å². The van der Waals surface area contributed by atoms with Gasteiger partial charge in [-0.05, 0) is 32.8 Å². The highest BCUT2D eigenvalue weighted by atomic mass is 79.9. The zero-order valence-corrected chi connectivity index (χ0v) is 8.39. The molecule has 0 aliphatic heterocycles. The molecule has 64 valence electrons. The van der Waals surface area contributed by atoms with Crippen molar-refractivity contribution in [3.63, 3.8) is 0 Å². The van der Waals surface area contributed by atoms with Crippen molar-refractivity contribution >= 4 is 33.3 Å². The molecule has 0 spiro atoms. The highest BCUT2D eigenvalue weighted by molar-refractivity contribution is 9.10. The molecule has 0 saturated heterocycles. The van der Waals surface area contributed by atoms with Gasteiger partial charge in [0.25, 0.3) is 0 Å². The summed E-state index contributed by atoms with van der Waals surface area (Å²) in [5.74, 6) is -0.205. The summed E-state index contributed by atoms with van der Waals surface area (Å²) in [5, 5.41) is 10.7. The molecule has 1 aromatic rings. The van der Waals surface area contributed by atoms with Gasteiger partial charge in [-0.2, -0.15) is 0 Å². The van der Waals surface area contributed by atoms with Crippen molar-refractivity contribution in [2.45, 2.75) is 6.92 Å². The predicted octanol–water partition coefficient (Wildman–Crippen LogP) is 2.71. The van der Waals surface area contributed by atoms with E-state index in [1.165, 1.54) is 6.20 Å². The molecule has 0 amide bonds. The minimum Gasteiger partial charge on any atom is -0.358 e. The van der Waals surface area contributed by atoms with E-state index in [9.17, 15) is 10.1 Å². The molecule has 1 aromatic heterocycles. The predicted molar refractivity (Wildman–Crippen MR) is 48.3 cm³/mol. The average molecular weight is 251 g/mol. The lowest BCUT2D eigenvalue weighted by atomic mass is 10.3. The van der Waals surface area contributed by atoms with Gasteiger partial charge in [-0.25, -0.2) is 0 Å². The van der Waals surface area contributed by atoms with Crippen molar-refractivity contribution in [2.24, 2.45) is 0 Å². The van der Waals surface area contributed by atoms with Crippen molar-refractivity contribution in [1.82, 2.24) is 4.98 Å². The highest BCUT2D eigenvalue weighted by Gasteiger charge is 2.16. The average Bonchev–Trinajstić information content (AvgIpc) is 2.00.